The number of alkyl carbamates (subject to hydrolysis) is 1. The number of carbonyl (C=O) groups is 2. The van der Waals surface area contributed by atoms with E-state index in [9.17, 15) is 9.59 Å². The Morgan fingerprint density at radius 2 is 1.74 bits per heavy atom. The van der Waals surface area contributed by atoms with E-state index < -0.39 is 17.4 Å². The topological polar surface area (TPSA) is 64.6 Å². The predicted octanol–water partition coefficient (Wildman–Crippen LogP) is 2.63. The van der Waals surface area contributed by atoms with Crippen molar-refractivity contribution in [2.45, 2.75) is 65.2 Å². The Hall–Kier alpha value is -1.10. The minimum atomic E-state index is -0.841. The number of hydrogen-bond donors (Lipinski definition) is 1. The Kier molecular flexibility index (Phi) is 4.96. The molecule has 1 fully saturated rings. The SMILES string of the molecule is CC(C)(C)OC(=O)NC(C)(C)OCCC(=O)C1CC1. The number of hydrogen-bond acceptors (Lipinski definition) is 4. The van der Waals surface area contributed by atoms with Gasteiger partial charge in [0.15, 0.2) is 0 Å². The van der Waals surface area contributed by atoms with Crippen molar-refractivity contribution in [3.8, 4) is 0 Å². The van der Waals surface area contributed by atoms with Gasteiger partial charge in [0, 0.05) is 12.3 Å². The van der Waals surface area contributed by atoms with Gasteiger partial charge in [0.1, 0.15) is 17.1 Å². The van der Waals surface area contributed by atoms with Gasteiger partial charge in [0.05, 0.1) is 6.61 Å². The first-order valence-corrected chi connectivity index (χ1v) is 6.77. The van der Waals surface area contributed by atoms with Crippen molar-refractivity contribution in [3.63, 3.8) is 0 Å². The molecule has 1 N–H and O–H groups in total. The molecule has 1 aliphatic carbocycles. The number of amides is 1. The molecule has 19 heavy (non-hydrogen) atoms. The highest BCUT2D eigenvalue weighted by molar-refractivity contribution is 5.83. The maximum absolute atomic E-state index is 11.6. The summed E-state index contributed by atoms with van der Waals surface area (Å²) in [4.78, 5) is 23.1. The molecular formula is C14H25NO4. The highest BCUT2D eigenvalue weighted by atomic mass is 16.6. The van der Waals surface area contributed by atoms with Gasteiger partial charge < -0.3 is 9.47 Å². The monoisotopic (exact) mass is 271 g/mol. The molecule has 0 spiro atoms. The second-order valence-corrected chi connectivity index (χ2v) is 6.48. The maximum Gasteiger partial charge on any atom is 0.409 e. The molecule has 110 valence electrons. The summed E-state index contributed by atoms with van der Waals surface area (Å²) in [5, 5.41) is 2.64. The van der Waals surface area contributed by atoms with Gasteiger partial charge in [-0.2, -0.15) is 0 Å². The third-order valence-corrected chi connectivity index (χ3v) is 2.65. The summed E-state index contributed by atoms with van der Waals surface area (Å²) in [5.74, 6) is 0.513. The van der Waals surface area contributed by atoms with Crippen LogP contribution in [-0.2, 0) is 14.3 Å². The molecule has 0 aromatic rings. The van der Waals surface area contributed by atoms with Crippen LogP contribution in [-0.4, -0.2) is 29.8 Å². The van der Waals surface area contributed by atoms with Crippen molar-refractivity contribution in [2.24, 2.45) is 5.92 Å². The van der Waals surface area contributed by atoms with Gasteiger partial charge in [-0.05, 0) is 47.5 Å². The number of ether oxygens (including phenoxy) is 2. The zero-order valence-corrected chi connectivity index (χ0v) is 12.5. The summed E-state index contributed by atoms with van der Waals surface area (Å²) < 4.78 is 10.7. The van der Waals surface area contributed by atoms with Crippen molar-refractivity contribution in [1.29, 1.82) is 0 Å². The lowest BCUT2D eigenvalue weighted by Crippen LogP contribution is -2.47. The van der Waals surface area contributed by atoms with Gasteiger partial charge in [0.25, 0.3) is 0 Å². The molecular weight excluding hydrogens is 246 g/mol. The molecule has 1 saturated carbocycles. The first-order chi connectivity index (χ1) is 8.59. The number of ketones is 1. The summed E-state index contributed by atoms with van der Waals surface area (Å²) in [6.45, 7) is 9.19. The molecule has 0 radical (unpaired) electrons. The third kappa shape index (κ3) is 7.15. The van der Waals surface area contributed by atoms with Crippen molar-refractivity contribution in [1.82, 2.24) is 5.32 Å². The van der Waals surface area contributed by atoms with Crippen molar-refractivity contribution in [3.05, 3.63) is 0 Å². The van der Waals surface area contributed by atoms with Crippen LogP contribution in [0.3, 0.4) is 0 Å². The predicted molar refractivity (Wildman–Crippen MR) is 71.7 cm³/mol. The quantitative estimate of drug-likeness (QED) is 0.754. The van der Waals surface area contributed by atoms with Crippen molar-refractivity contribution in [2.75, 3.05) is 6.61 Å². The largest absolute Gasteiger partial charge is 0.444 e. The highest BCUT2D eigenvalue weighted by Crippen LogP contribution is 2.30. The fourth-order valence-electron chi connectivity index (χ4n) is 1.60. The van der Waals surface area contributed by atoms with Gasteiger partial charge in [-0.25, -0.2) is 4.79 Å². The van der Waals surface area contributed by atoms with E-state index in [0.29, 0.717) is 13.0 Å². The van der Waals surface area contributed by atoms with Crippen LogP contribution < -0.4 is 5.32 Å². The van der Waals surface area contributed by atoms with Gasteiger partial charge in [0.2, 0.25) is 0 Å². The summed E-state index contributed by atoms with van der Waals surface area (Å²) in [5.41, 5.74) is -1.38. The van der Waals surface area contributed by atoms with Crippen LogP contribution in [0.5, 0.6) is 0 Å². The number of carbonyl (C=O) groups excluding carboxylic acids is 2. The van der Waals surface area contributed by atoms with E-state index in [-0.39, 0.29) is 11.7 Å². The number of nitrogens with one attached hydrogen (secondary N) is 1. The minimum absolute atomic E-state index is 0.255. The molecule has 0 heterocycles. The Labute approximate surface area is 115 Å². The first kappa shape index (κ1) is 16.0. The van der Waals surface area contributed by atoms with Gasteiger partial charge in [-0.15, -0.1) is 0 Å². The zero-order chi connectivity index (χ0) is 14.7. The normalized spacial score (nSPS) is 16.1. The Morgan fingerprint density at radius 3 is 2.21 bits per heavy atom. The molecule has 0 atom stereocenters. The lowest BCUT2D eigenvalue weighted by molar-refractivity contribution is -0.123. The van der Waals surface area contributed by atoms with E-state index >= 15 is 0 Å². The van der Waals surface area contributed by atoms with Gasteiger partial charge in [-0.3, -0.25) is 10.1 Å². The summed E-state index contributed by atoms with van der Waals surface area (Å²) >= 11 is 0. The summed E-state index contributed by atoms with van der Waals surface area (Å²) in [7, 11) is 0. The molecule has 1 aliphatic rings. The molecule has 5 heteroatoms. The summed E-state index contributed by atoms with van der Waals surface area (Å²) in [6, 6.07) is 0. The van der Waals surface area contributed by atoms with Crippen LogP contribution in [0.15, 0.2) is 0 Å². The van der Waals surface area contributed by atoms with E-state index in [2.05, 4.69) is 5.32 Å². The van der Waals surface area contributed by atoms with Crippen molar-refractivity contribution < 1.29 is 19.1 Å². The van der Waals surface area contributed by atoms with Crippen LogP contribution >= 0.6 is 0 Å². The highest BCUT2D eigenvalue weighted by Gasteiger charge is 2.30. The summed E-state index contributed by atoms with van der Waals surface area (Å²) in [6.07, 6.45) is 1.91. The minimum Gasteiger partial charge on any atom is -0.444 e. The molecule has 0 aromatic carbocycles. The van der Waals surface area contributed by atoms with Crippen LogP contribution in [0, 0.1) is 5.92 Å². The first-order valence-electron chi connectivity index (χ1n) is 6.77. The molecule has 5 nitrogen and oxygen atoms in total. The standard InChI is InChI=1S/C14H25NO4/c1-13(2,3)19-12(17)15-14(4,5)18-9-8-11(16)10-6-7-10/h10H,6-9H2,1-5H3,(H,15,17). The average molecular weight is 271 g/mol. The van der Waals surface area contributed by atoms with E-state index in [0.717, 1.165) is 12.8 Å². The van der Waals surface area contributed by atoms with Crippen molar-refractivity contribution >= 4 is 11.9 Å². The smallest absolute Gasteiger partial charge is 0.409 e. The molecule has 0 aromatic heterocycles. The molecule has 1 rings (SSSR count). The molecule has 0 aliphatic heterocycles. The van der Waals surface area contributed by atoms with Crippen LogP contribution in [0.25, 0.3) is 0 Å². The lowest BCUT2D eigenvalue weighted by atomic mass is 10.2. The molecule has 0 bridgehead atoms. The Morgan fingerprint density at radius 1 is 1.16 bits per heavy atom. The second kappa shape index (κ2) is 5.90. The molecule has 0 unspecified atom stereocenters. The second-order valence-electron chi connectivity index (χ2n) is 6.48. The van der Waals surface area contributed by atoms with E-state index in [1.54, 1.807) is 34.6 Å². The average Bonchev–Trinajstić information content (AvgIpc) is 2.94. The lowest BCUT2D eigenvalue weighted by Gasteiger charge is -2.28. The Bertz CT molecular complexity index is 340. The fourth-order valence-corrected chi connectivity index (χ4v) is 1.60. The van der Waals surface area contributed by atoms with Gasteiger partial charge in [-0.1, -0.05) is 0 Å². The fraction of sp³-hybridized carbons (Fsp3) is 0.857. The number of Topliss-reactive ketones (excluding diaryl/α,β-unsaturated/α-hetero) is 1. The van der Waals surface area contributed by atoms with Gasteiger partial charge >= 0.3 is 6.09 Å². The van der Waals surface area contributed by atoms with Crippen LogP contribution in [0.2, 0.25) is 0 Å². The molecule has 1 amide bonds. The zero-order valence-electron chi connectivity index (χ0n) is 12.5. The third-order valence-electron chi connectivity index (χ3n) is 2.65. The Balaban J connectivity index is 2.26. The molecule has 0 saturated heterocycles. The van der Waals surface area contributed by atoms with Crippen LogP contribution in [0.1, 0.15) is 53.9 Å². The number of rotatable bonds is 6. The van der Waals surface area contributed by atoms with E-state index in [1.165, 1.54) is 0 Å². The van der Waals surface area contributed by atoms with E-state index in [1.807, 2.05) is 0 Å². The maximum atomic E-state index is 11.6. The van der Waals surface area contributed by atoms with E-state index in [4.69, 9.17) is 9.47 Å². The van der Waals surface area contributed by atoms with Crippen LogP contribution in [0.4, 0.5) is 4.79 Å².